The van der Waals surface area contributed by atoms with Gasteiger partial charge in [0.1, 0.15) is 12.4 Å². The van der Waals surface area contributed by atoms with Crippen LogP contribution in [0, 0.1) is 0 Å². The summed E-state index contributed by atoms with van der Waals surface area (Å²) in [6.07, 6.45) is 3.63. The van der Waals surface area contributed by atoms with E-state index in [1.807, 2.05) is 30.5 Å². The molecule has 20 heavy (non-hydrogen) atoms. The van der Waals surface area contributed by atoms with Crippen molar-refractivity contribution in [1.82, 2.24) is 10.3 Å². The first-order valence-corrected chi connectivity index (χ1v) is 8.41. The standard InChI is InChI=1S/C14H13Br3N2O/c15-11-6-12(16)14(13(17)7-11)20-5-4-19-9-10-2-1-3-18-8-10/h1-3,6-8,19H,4-5,9H2. The molecule has 0 radical (unpaired) electrons. The van der Waals surface area contributed by atoms with Crippen molar-refractivity contribution in [2.75, 3.05) is 13.2 Å². The molecule has 1 heterocycles. The van der Waals surface area contributed by atoms with Gasteiger partial charge in [-0.15, -0.1) is 0 Å². The molecule has 0 aliphatic rings. The predicted octanol–water partition coefficient (Wildman–Crippen LogP) is 4.54. The molecule has 106 valence electrons. The van der Waals surface area contributed by atoms with Gasteiger partial charge in [0.25, 0.3) is 0 Å². The van der Waals surface area contributed by atoms with Gasteiger partial charge in [-0.2, -0.15) is 0 Å². The first kappa shape index (κ1) is 15.9. The van der Waals surface area contributed by atoms with Gasteiger partial charge in [-0.05, 0) is 55.6 Å². The minimum atomic E-state index is 0.596. The Kier molecular flexibility index (Phi) is 6.48. The summed E-state index contributed by atoms with van der Waals surface area (Å²) in [5, 5.41) is 3.32. The van der Waals surface area contributed by atoms with E-state index in [1.165, 1.54) is 5.56 Å². The van der Waals surface area contributed by atoms with Crippen molar-refractivity contribution in [3.05, 3.63) is 55.6 Å². The first-order valence-electron chi connectivity index (χ1n) is 6.04. The average Bonchev–Trinajstić information content (AvgIpc) is 2.42. The van der Waals surface area contributed by atoms with Gasteiger partial charge in [0.15, 0.2) is 0 Å². The predicted molar refractivity (Wildman–Crippen MR) is 91.0 cm³/mol. The van der Waals surface area contributed by atoms with E-state index in [4.69, 9.17) is 4.74 Å². The van der Waals surface area contributed by atoms with Gasteiger partial charge < -0.3 is 10.1 Å². The molecule has 0 fully saturated rings. The van der Waals surface area contributed by atoms with Crippen LogP contribution in [-0.4, -0.2) is 18.1 Å². The van der Waals surface area contributed by atoms with Crippen LogP contribution in [0.15, 0.2) is 50.1 Å². The number of pyridine rings is 1. The summed E-state index contributed by atoms with van der Waals surface area (Å²) in [5.41, 5.74) is 1.17. The Morgan fingerprint density at radius 2 is 1.90 bits per heavy atom. The molecule has 0 bridgehead atoms. The van der Waals surface area contributed by atoms with E-state index in [9.17, 15) is 0 Å². The lowest BCUT2D eigenvalue weighted by atomic mass is 10.3. The van der Waals surface area contributed by atoms with Gasteiger partial charge in [0, 0.05) is 30.0 Å². The van der Waals surface area contributed by atoms with Crippen LogP contribution >= 0.6 is 47.8 Å². The lowest BCUT2D eigenvalue weighted by Gasteiger charge is -2.11. The summed E-state index contributed by atoms with van der Waals surface area (Å²) in [5.74, 6) is 0.816. The third kappa shape index (κ3) is 4.84. The third-order valence-electron chi connectivity index (χ3n) is 2.54. The molecule has 0 amide bonds. The molecule has 2 aromatic rings. The molecule has 0 saturated carbocycles. The molecule has 0 saturated heterocycles. The Morgan fingerprint density at radius 1 is 1.15 bits per heavy atom. The smallest absolute Gasteiger partial charge is 0.147 e. The van der Waals surface area contributed by atoms with E-state index < -0.39 is 0 Å². The molecule has 0 atom stereocenters. The van der Waals surface area contributed by atoms with Crippen LogP contribution in [0.4, 0.5) is 0 Å². The van der Waals surface area contributed by atoms with E-state index in [0.29, 0.717) is 6.61 Å². The lowest BCUT2D eigenvalue weighted by Crippen LogP contribution is -2.20. The Bertz CT molecular complexity index is 541. The maximum atomic E-state index is 5.77. The van der Waals surface area contributed by atoms with Crippen molar-refractivity contribution < 1.29 is 4.74 Å². The number of nitrogens with one attached hydrogen (secondary N) is 1. The maximum absolute atomic E-state index is 5.77. The summed E-state index contributed by atoms with van der Waals surface area (Å²) in [6, 6.07) is 7.90. The molecule has 6 heteroatoms. The molecule has 1 aromatic heterocycles. The van der Waals surface area contributed by atoms with Crippen molar-refractivity contribution in [2.45, 2.75) is 6.54 Å². The Balaban J connectivity index is 1.76. The molecule has 3 nitrogen and oxygen atoms in total. The van der Waals surface area contributed by atoms with Gasteiger partial charge in [0.05, 0.1) is 8.95 Å². The van der Waals surface area contributed by atoms with Gasteiger partial charge in [-0.25, -0.2) is 0 Å². The fraction of sp³-hybridized carbons (Fsp3) is 0.214. The minimum Gasteiger partial charge on any atom is -0.490 e. The van der Waals surface area contributed by atoms with Crippen molar-refractivity contribution in [2.24, 2.45) is 0 Å². The maximum Gasteiger partial charge on any atom is 0.147 e. The van der Waals surface area contributed by atoms with Crippen LogP contribution in [0.5, 0.6) is 5.75 Å². The monoisotopic (exact) mass is 462 g/mol. The Hall–Kier alpha value is -0.430. The molecule has 0 unspecified atom stereocenters. The van der Waals surface area contributed by atoms with Crippen molar-refractivity contribution >= 4 is 47.8 Å². The van der Waals surface area contributed by atoms with Gasteiger partial charge in [-0.1, -0.05) is 22.0 Å². The molecule has 0 aliphatic heterocycles. The second-order valence-electron chi connectivity index (χ2n) is 4.09. The van der Waals surface area contributed by atoms with Crippen LogP contribution in [0.25, 0.3) is 0 Å². The zero-order valence-corrected chi connectivity index (χ0v) is 15.3. The second kappa shape index (κ2) is 8.12. The highest BCUT2D eigenvalue weighted by atomic mass is 79.9. The van der Waals surface area contributed by atoms with Crippen LogP contribution in [0.2, 0.25) is 0 Å². The van der Waals surface area contributed by atoms with E-state index in [2.05, 4.69) is 58.1 Å². The fourth-order valence-corrected chi connectivity index (χ4v) is 4.12. The number of halogens is 3. The normalized spacial score (nSPS) is 10.6. The SMILES string of the molecule is Brc1cc(Br)c(OCCNCc2cccnc2)c(Br)c1. The van der Waals surface area contributed by atoms with Crippen molar-refractivity contribution in [3.8, 4) is 5.75 Å². The average molecular weight is 465 g/mol. The van der Waals surface area contributed by atoms with E-state index in [0.717, 1.165) is 32.3 Å². The first-order chi connectivity index (χ1) is 9.66. The van der Waals surface area contributed by atoms with E-state index >= 15 is 0 Å². The number of rotatable bonds is 6. The second-order valence-corrected chi connectivity index (χ2v) is 6.71. The van der Waals surface area contributed by atoms with E-state index in [1.54, 1.807) is 6.20 Å². The number of hydrogen-bond donors (Lipinski definition) is 1. The van der Waals surface area contributed by atoms with Crippen LogP contribution in [-0.2, 0) is 6.54 Å². The summed E-state index contributed by atoms with van der Waals surface area (Å²) in [4.78, 5) is 4.07. The molecule has 2 rings (SSSR count). The Labute approximate surface area is 143 Å². The number of nitrogens with zero attached hydrogens (tertiary/aromatic N) is 1. The lowest BCUT2D eigenvalue weighted by molar-refractivity contribution is 0.310. The molecule has 0 spiro atoms. The highest BCUT2D eigenvalue weighted by Gasteiger charge is 2.07. The van der Waals surface area contributed by atoms with Crippen LogP contribution in [0.1, 0.15) is 5.56 Å². The zero-order valence-electron chi connectivity index (χ0n) is 10.6. The molecular formula is C14H13Br3N2O. The highest BCUT2D eigenvalue weighted by molar-refractivity contribution is 9.11. The summed E-state index contributed by atoms with van der Waals surface area (Å²) >= 11 is 10.4. The Morgan fingerprint density at radius 3 is 2.55 bits per heavy atom. The quantitative estimate of drug-likeness (QED) is 0.637. The molecular weight excluding hydrogens is 452 g/mol. The van der Waals surface area contributed by atoms with Gasteiger partial charge >= 0.3 is 0 Å². The summed E-state index contributed by atoms with van der Waals surface area (Å²) in [6.45, 7) is 2.16. The molecule has 0 aliphatic carbocycles. The number of benzene rings is 1. The van der Waals surface area contributed by atoms with Crippen LogP contribution < -0.4 is 10.1 Å². The van der Waals surface area contributed by atoms with Crippen molar-refractivity contribution in [1.29, 1.82) is 0 Å². The number of ether oxygens (including phenoxy) is 1. The highest BCUT2D eigenvalue weighted by Crippen LogP contribution is 2.36. The molecule has 1 aromatic carbocycles. The topological polar surface area (TPSA) is 34.1 Å². The molecule has 1 N–H and O–H groups in total. The van der Waals surface area contributed by atoms with Crippen LogP contribution in [0.3, 0.4) is 0 Å². The van der Waals surface area contributed by atoms with E-state index in [-0.39, 0.29) is 0 Å². The summed E-state index contributed by atoms with van der Waals surface area (Å²) in [7, 11) is 0. The zero-order chi connectivity index (χ0) is 14.4. The largest absolute Gasteiger partial charge is 0.490 e. The minimum absolute atomic E-state index is 0.596. The number of aromatic nitrogens is 1. The number of hydrogen-bond acceptors (Lipinski definition) is 3. The van der Waals surface area contributed by atoms with Gasteiger partial charge in [-0.3, -0.25) is 4.98 Å². The summed E-state index contributed by atoms with van der Waals surface area (Å²) < 4.78 is 8.61. The van der Waals surface area contributed by atoms with Gasteiger partial charge in [0.2, 0.25) is 0 Å². The van der Waals surface area contributed by atoms with Crippen molar-refractivity contribution in [3.63, 3.8) is 0 Å². The fourth-order valence-electron chi connectivity index (χ4n) is 1.63. The third-order valence-corrected chi connectivity index (χ3v) is 4.18.